The molecule has 430 valence electrons. The maximum absolute atomic E-state index is 14.2. The summed E-state index contributed by atoms with van der Waals surface area (Å²) in [5, 5.41) is 9.21. The summed E-state index contributed by atoms with van der Waals surface area (Å²) in [5.41, 5.74) is 0.440. The minimum Gasteiger partial charge on any atom is -0.780 e. The third-order valence-electron chi connectivity index (χ3n) is 11.5. The van der Waals surface area contributed by atoms with Crippen molar-refractivity contribution >= 4 is 91.7 Å². The predicted octanol–water partition coefficient (Wildman–Crippen LogP) is -2.36. The van der Waals surface area contributed by atoms with Crippen molar-refractivity contribution in [1.29, 1.82) is 0 Å². The van der Waals surface area contributed by atoms with Crippen LogP contribution in [0.25, 0.3) is 11.2 Å². The number of hydrogen-bond acceptors (Lipinski definition) is 29. The summed E-state index contributed by atoms with van der Waals surface area (Å²) >= 11 is 20.7. The number of nitrogens with one attached hydrogen (secondary N) is 4. The van der Waals surface area contributed by atoms with Crippen molar-refractivity contribution in [2.75, 3.05) is 45.9 Å². The number of aliphatic hydroxyl groups is 1. The van der Waals surface area contributed by atoms with Crippen LogP contribution in [-0.2, 0) is 107 Å². The Kier molecular flexibility index (Phi) is 20.2. The van der Waals surface area contributed by atoms with E-state index in [1.807, 2.05) is 0 Å². The van der Waals surface area contributed by atoms with Gasteiger partial charge in [0.25, 0.3) is 16.7 Å². The molecule has 3 aliphatic heterocycles. The highest BCUT2D eigenvalue weighted by atomic mass is 32.7. The number of nitrogens with zero attached hydrogens (tertiary/aromatic N) is 4. The highest BCUT2D eigenvalue weighted by molar-refractivity contribution is 8.32. The fraction of sp³-hybridized carbons (Fsp3) is 0.649. The lowest BCUT2D eigenvalue weighted by atomic mass is 10.1. The molecule has 77 heavy (non-hydrogen) atoms. The van der Waals surface area contributed by atoms with Crippen molar-refractivity contribution in [3.63, 3.8) is 0 Å². The van der Waals surface area contributed by atoms with E-state index in [2.05, 4.69) is 24.9 Å². The summed E-state index contributed by atoms with van der Waals surface area (Å²) in [6, 6.07) is 0. The van der Waals surface area contributed by atoms with Crippen LogP contribution in [0.2, 0.25) is 0 Å². The van der Waals surface area contributed by atoms with Crippen LogP contribution in [0.1, 0.15) is 62.9 Å². The van der Waals surface area contributed by atoms with Crippen LogP contribution >= 0.6 is 27.0 Å². The second-order valence-electron chi connectivity index (χ2n) is 17.5. The quantitative estimate of drug-likeness (QED) is 0.0230. The molecule has 0 spiro atoms. The molecule has 32 nitrogen and oxygen atoms in total. The maximum Gasteiger partial charge on any atom is 0.330 e. The van der Waals surface area contributed by atoms with Gasteiger partial charge in [-0.15, -0.1) is 0 Å². The summed E-state index contributed by atoms with van der Waals surface area (Å²) in [6.07, 6.45) is -13.2. The molecule has 7 heterocycles. The Labute approximate surface area is 454 Å². The molecule has 0 saturated carbocycles. The second-order valence-corrected chi connectivity index (χ2v) is 28.3. The molecule has 5 unspecified atom stereocenters. The van der Waals surface area contributed by atoms with E-state index in [9.17, 15) is 53.1 Å². The van der Waals surface area contributed by atoms with Gasteiger partial charge in [-0.1, -0.05) is 35.4 Å². The minimum absolute atomic E-state index is 0.0266. The SMILES string of the molecule is COC1[C@@H](OP([O-])(=S)OCCCO)[C@@H](COP(=O)([S-])O[C@@H]2C[C@H](n3cc(C)c(=O)[nH]c3=O)O[C@@H]2COP([O-])(=S)O[C@@H]2C[C@H](n3c(=O)[nH]c4c(=O)[nH]c(N)nc43)O[C@@H]2COP([O-])(=S)OC(C)C)O[C@H]1n1cc(C)c(=O)[nH]c1=O. The molecule has 40 heteroatoms. The molecule has 7 rings (SSSR count). The number of imidazole rings is 1. The van der Waals surface area contributed by atoms with E-state index in [0.717, 1.165) is 19.9 Å². The molecule has 3 fully saturated rings. The predicted molar refractivity (Wildman–Crippen MR) is 273 cm³/mol. The van der Waals surface area contributed by atoms with Gasteiger partial charge in [0.15, 0.2) is 24.2 Å². The highest BCUT2D eigenvalue weighted by Gasteiger charge is 2.49. The molecule has 3 aliphatic rings. The van der Waals surface area contributed by atoms with Gasteiger partial charge in [0, 0.05) is 50.1 Å². The van der Waals surface area contributed by atoms with Crippen LogP contribution < -0.4 is 54.2 Å². The van der Waals surface area contributed by atoms with Gasteiger partial charge in [-0.3, -0.25) is 48.0 Å². The van der Waals surface area contributed by atoms with Crippen LogP contribution in [0.15, 0.2) is 41.2 Å². The molecule has 0 bridgehead atoms. The number of rotatable bonds is 25. The van der Waals surface area contributed by atoms with E-state index < -0.39 is 148 Å². The second kappa shape index (κ2) is 25.1. The number of H-pyrrole nitrogens is 4. The first-order valence-corrected chi connectivity index (χ1v) is 33.0. The molecule has 0 aliphatic carbocycles. The zero-order valence-electron chi connectivity index (χ0n) is 40.9. The van der Waals surface area contributed by atoms with Crippen LogP contribution in [0.3, 0.4) is 0 Å². The Morgan fingerprint density at radius 1 is 0.753 bits per heavy atom. The first kappa shape index (κ1) is 61.8. The van der Waals surface area contributed by atoms with Gasteiger partial charge in [0.1, 0.15) is 63.1 Å². The Bertz CT molecular complexity index is 3370. The van der Waals surface area contributed by atoms with Gasteiger partial charge in [0.2, 0.25) is 5.95 Å². The van der Waals surface area contributed by atoms with E-state index >= 15 is 0 Å². The number of nitrogens with two attached hydrogens (primary N) is 1. The van der Waals surface area contributed by atoms with Gasteiger partial charge in [0.05, 0.1) is 44.7 Å². The molecule has 0 radical (unpaired) electrons. The molecule has 0 aromatic carbocycles. The normalized spacial score (nSPS) is 27.9. The van der Waals surface area contributed by atoms with Crippen LogP contribution in [0.4, 0.5) is 5.95 Å². The van der Waals surface area contributed by atoms with E-state index in [1.54, 1.807) is 13.8 Å². The number of methoxy groups -OCH3 is 1. The fourth-order valence-corrected chi connectivity index (χ4v) is 14.2. The highest BCUT2D eigenvalue weighted by Crippen LogP contribution is 2.53. The van der Waals surface area contributed by atoms with Crippen molar-refractivity contribution in [1.82, 2.24) is 38.6 Å². The first-order chi connectivity index (χ1) is 36.0. The minimum atomic E-state index is -4.82. The van der Waals surface area contributed by atoms with Crippen molar-refractivity contribution in [3.05, 3.63) is 86.0 Å². The van der Waals surface area contributed by atoms with Gasteiger partial charge >= 0.3 is 17.1 Å². The number of nitrogen functional groups attached to an aromatic ring is 1. The van der Waals surface area contributed by atoms with Gasteiger partial charge < -0.3 is 92.9 Å². The number of anilines is 1. The molecule has 7 N–H and O–H groups in total. The topological polar surface area (TPSA) is 437 Å². The first-order valence-electron chi connectivity index (χ1n) is 22.8. The van der Waals surface area contributed by atoms with E-state index in [4.69, 9.17) is 109 Å². The number of hydrogen-bond donors (Lipinski definition) is 6. The molecule has 3 saturated heterocycles. The average molecular weight is 1240 g/mol. The summed E-state index contributed by atoms with van der Waals surface area (Å²) in [5.74, 6) is -0.351. The van der Waals surface area contributed by atoms with Gasteiger partial charge in [-0.2, -0.15) is 4.98 Å². The Hall–Kier alpha value is -2.80. The lowest BCUT2D eigenvalue weighted by Gasteiger charge is -2.35. The molecule has 0 amide bonds. The molecular weight excluding hydrogens is 1190 g/mol. The molecular formula is C37H51N9O23P4S4-4. The average Bonchev–Trinajstić information content (AvgIpc) is 4.12. The van der Waals surface area contributed by atoms with E-state index in [-0.39, 0.29) is 60.7 Å². The monoisotopic (exact) mass is 1240 g/mol. The number of aromatic nitrogens is 8. The number of aryl methyl sites for hydroxylation is 2. The number of ether oxygens (including phenoxy) is 4. The third kappa shape index (κ3) is 15.4. The number of aliphatic hydroxyl groups excluding tert-OH is 1. The van der Waals surface area contributed by atoms with Gasteiger partial charge in [-0.05, 0) is 34.1 Å². The molecule has 4 aromatic heterocycles. The molecule has 14 atom stereocenters. The lowest BCUT2D eigenvalue weighted by Crippen LogP contribution is -2.41. The Balaban J connectivity index is 1.12. The van der Waals surface area contributed by atoms with Crippen LogP contribution in [0, 0.1) is 13.8 Å². The zero-order chi connectivity index (χ0) is 56.5. The number of aromatic amines is 4. The van der Waals surface area contributed by atoms with Crippen molar-refractivity contribution in [2.45, 2.75) is 114 Å². The molecule has 4 aromatic rings. The Morgan fingerprint density at radius 3 is 1.94 bits per heavy atom. The summed E-state index contributed by atoms with van der Waals surface area (Å²) in [6.45, 7) is -15.2. The standard InChI is InChI=1S/C37H55N9O23P4S4/c1-16(2)66-71(55,75)60-14-22-20(10-25(64-22)46-29-26(39-37(46)53)32(50)41-34(38)40-29)68-72(56,76)61-13-21-19(9-24(63-21)44-11-17(3)30(48)42-35(44)51)67-73(57,77)62-15-23-27(69-70(54,74)59-8-6-7-47)28(58-5)33(65-23)45-12-18(4)31(49)43-36(45)52/h11-12,16,19-25,27-28,33,47H,6-10,13-15H2,1-5H3,(H,39,53)(H,54,74)(H,55,75)(H,56,76)(H,57,77)(H,42,48,51)(H,43,49,52)(H3,38,40,41,50)/p-4/t19-,20-,21-,22-,23-,24-,25-,27+,28?,33-,70?,71?,72?,73?/m1/s1. The van der Waals surface area contributed by atoms with Crippen molar-refractivity contribution < 1.29 is 79.5 Å². The smallest absolute Gasteiger partial charge is 0.330 e. The van der Waals surface area contributed by atoms with Crippen molar-refractivity contribution in [3.8, 4) is 0 Å². The third-order valence-corrected chi connectivity index (χ3v) is 18.0. The Morgan fingerprint density at radius 2 is 1.31 bits per heavy atom. The van der Waals surface area contributed by atoms with Crippen LogP contribution in [0.5, 0.6) is 0 Å². The van der Waals surface area contributed by atoms with Gasteiger partial charge in [-0.25, -0.2) is 19.0 Å². The summed E-state index contributed by atoms with van der Waals surface area (Å²) in [4.78, 5) is 130. The number of fused-ring (bicyclic) bond motifs is 1. The lowest BCUT2D eigenvalue weighted by molar-refractivity contribution is -0.218. The van der Waals surface area contributed by atoms with Crippen molar-refractivity contribution in [2.24, 2.45) is 0 Å². The van der Waals surface area contributed by atoms with E-state index in [1.165, 1.54) is 27.2 Å². The summed E-state index contributed by atoms with van der Waals surface area (Å²) in [7, 11) is 1.19. The van der Waals surface area contributed by atoms with Crippen LogP contribution in [-0.4, -0.2) is 133 Å². The summed E-state index contributed by atoms with van der Waals surface area (Å²) < 4.78 is 85.4. The largest absolute Gasteiger partial charge is 0.780 e. The zero-order valence-corrected chi connectivity index (χ0v) is 47.7. The fourth-order valence-electron chi connectivity index (χ4n) is 8.16. The van der Waals surface area contributed by atoms with E-state index in [0.29, 0.717) is 0 Å². The maximum atomic E-state index is 14.2.